The Hall–Kier alpha value is -3.93. The van der Waals surface area contributed by atoms with Crippen LogP contribution < -0.4 is 10.2 Å². The van der Waals surface area contributed by atoms with Gasteiger partial charge in [-0.15, -0.1) is 0 Å². The van der Waals surface area contributed by atoms with Crippen LogP contribution in [0.4, 0.5) is 5.69 Å². The largest absolute Gasteiger partial charge is 0.342 e. The van der Waals surface area contributed by atoms with Crippen molar-refractivity contribution in [3.8, 4) is 0 Å². The number of imidazole rings is 1. The number of nitrogens with zero attached hydrogens (tertiary/aromatic N) is 3. The van der Waals surface area contributed by atoms with Crippen LogP contribution in [0.15, 0.2) is 78.9 Å². The summed E-state index contributed by atoms with van der Waals surface area (Å²) >= 11 is 0. The van der Waals surface area contributed by atoms with Crippen LogP contribution in [0.3, 0.4) is 0 Å². The second-order valence-electron chi connectivity index (χ2n) is 8.38. The predicted octanol–water partition coefficient (Wildman–Crippen LogP) is 4.51. The van der Waals surface area contributed by atoms with Crippen LogP contribution in [0, 0.1) is 0 Å². The van der Waals surface area contributed by atoms with E-state index in [1.165, 1.54) is 5.56 Å². The van der Waals surface area contributed by atoms with E-state index < -0.39 is 0 Å². The number of fused-ring (bicyclic) bond motifs is 2. The third-order valence-electron chi connectivity index (χ3n) is 6.16. The zero-order valence-corrected chi connectivity index (χ0v) is 18.6. The number of carbonyl (C=O) groups is 2. The smallest absolute Gasteiger partial charge is 0.251 e. The van der Waals surface area contributed by atoms with Gasteiger partial charge < -0.3 is 14.8 Å². The topological polar surface area (TPSA) is 67.2 Å². The lowest BCUT2D eigenvalue weighted by Gasteiger charge is -2.30. The van der Waals surface area contributed by atoms with E-state index in [0.29, 0.717) is 17.9 Å². The molecule has 0 bridgehead atoms. The van der Waals surface area contributed by atoms with Crippen molar-refractivity contribution in [1.29, 1.82) is 0 Å². The molecule has 1 atom stereocenters. The lowest BCUT2D eigenvalue weighted by atomic mass is 10.0. The molecule has 0 spiro atoms. The second kappa shape index (κ2) is 8.90. The van der Waals surface area contributed by atoms with Crippen LogP contribution in [-0.4, -0.2) is 27.9 Å². The number of amides is 2. The predicted molar refractivity (Wildman–Crippen MR) is 129 cm³/mol. The van der Waals surface area contributed by atoms with Crippen molar-refractivity contribution < 1.29 is 9.59 Å². The van der Waals surface area contributed by atoms with Gasteiger partial charge in [0.1, 0.15) is 12.4 Å². The summed E-state index contributed by atoms with van der Waals surface area (Å²) in [5.41, 5.74) is 4.47. The van der Waals surface area contributed by atoms with E-state index >= 15 is 0 Å². The van der Waals surface area contributed by atoms with Crippen LogP contribution in [0.2, 0.25) is 0 Å². The molecule has 0 radical (unpaired) electrons. The number of carbonyl (C=O) groups excluding carboxylic acids is 2. The number of benzene rings is 3. The van der Waals surface area contributed by atoms with E-state index in [0.717, 1.165) is 29.6 Å². The van der Waals surface area contributed by atoms with Crippen LogP contribution in [-0.2, 0) is 17.8 Å². The van der Waals surface area contributed by atoms with E-state index in [-0.39, 0.29) is 24.4 Å². The van der Waals surface area contributed by atoms with Gasteiger partial charge in [-0.2, -0.15) is 0 Å². The molecule has 1 aromatic heterocycles. The van der Waals surface area contributed by atoms with Gasteiger partial charge in [-0.1, -0.05) is 48.5 Å². The minimum absolute atomic E-state index is 0.0214. The Bertz CT molecular complexity index is 1310. The van der Waals surface area contributed by atoms with E-state index in [2.05, 4.69) is 11.4 Å². The number of anilines is 1. The molecular weight excluding hydrogens is 412 g/mol. The van der Waals surface area contributed by atoms with Crippen LogP contribution in [0.1, 0.15) is 41.1 Å². The monoisotopic (exact) mass is 438 g/mol. The first-order valence-corrected chi connectivity index (χ1v) is 11.3. The van der Waals surface area contributed by atoms with Gasteiger partial charge in [0.2, 0.25) is 5.91 Å². The maximum atomic E-state index is 13.5. The number of aromatic nitrogens is 2. The Morgan fingerprint density at radius 1 is 0.970 bits per heavy atom. The Balaban J connectivity index is 1.45. The lowest BCUT2D eigenvalue weighted by Crippen LogP contribution is -2.38. The van der Waals surface area contributed by atoms with Gasteiger partial charge in [0.25, 0.3) is 5.91 Å². The third-order valence-corrected chi connectivity index (χ3v) is 6.16. The summed E-state index contributed by atoms with van der Waals surface area (Å²) in [5.74, 6) is 0.519. The SMILES string of the molecule is CC(NC(=O)c1ccccc1)c1nc2ccccc2n1CC(=O)N1CCCc2ccccc21. The average Bonchev–Trinajstić information content (AvgIpc) is 3.22. The van der Waals surface area contributed by atoms with Crippen molar-refractivity contribution in [2.45, 2.75) is 32.4 Å². The molecule has 1 unspecified atom stereocenters. The first-order chi connectivity index (χ1) is 16.1. The van der Waals surface area contributed by atoms with E-state index in [1.54, 1.807) is 12.1 Å². The Morgan fingerprint density at radius 2 is 1.70 bits per heavy atom. The van der Waals surface area contributed by atoms with Crippen molar-refractivity contribution in [3.63, 3.8) is 0 Å². The van der Waals surface area contributed by atoms with E-state index in [9.17, 15) is 9.59 Å². The van der Waals surface area contributed by atoms with Crippen molar-refractivity contribution in [2.24, 2.45) is 0 Å². The van der Waals surface area contributed by atoms with Gasteiger partial charge >= 0.3 is 0 Å². The van der Waals surface area contributed by atoms with Crippen molar-refractivity contribution in [3.05, 3.63) is 95.8 Å². The second-order valence-corrected chi connectivity index (χ2v) is 8.38. The molecule has 33 heavy (non-hydrogen) atoms. The highest BCUT2D eigenvalue weighted by Gasteiger charge is 2.25. The standard InChI is InChI=1S/C27H26N4O2/c1-19(28-27(33)21-11-3-2-4-12-21)26-29-22-14-6-8-16-24(22)31(26)18-25(32)30-17-9-13-20-10-5-7-15-23(20)30/h2-8,10-12,14-16,19H,9,13,17-18H2,1H3,(H,28,33). The molecule has 1 aliphatic rings. The van der Waals surface area contributed by atoms with Crippen LogP contribution in [0.5, 0.6) is 0 Å². The first-order valence-electron chi connectivity index (χ1n) is 11.3. The molecule has 5 rings (SSSR count). The number of nitrogens with one attached hydrogen (secondary N) is 1. The lowest BCUT2D eigenvalue weighted by molar-refractivity contribution is -0.119. The highest BCUT2D eigenvalue weighted by Crippen LogP contribution is 2.28. The Morgan fingerprint density at radius 3 is 2.55 bits per heavy atom. The summed E-state index contributed by atoms with van der Waals surface area (Å²) in [6, 6.07) is 24.6. The summed E-state index contributed by atoms with van der Waals surface area (Å²) in [4.78, 5) is 32.9. The fourth-order valence-electron chi connectivity index (χ4n) is 4.54. The zero-order chi connectivity index (χ0) is 22.8. The van der Waals surface area contributed by atoms with Gasteiger partial charge in [0, 0.05) is 17.8 Å². The van der Waals surface area contributed by atoms with Gasteiger partial charge in [-0.05, 0) is 55.7 Å². The summed E-state index contributed by atoms with van der Waals surface area (Å²) in [5, 5.41) is 3.04. The average molecular weight is 439 g/mol. The molecule has 1 N–H and O–H groups in total. The maximum absolute atomic E-state index is 13.5. The number of aryl methyl sites for hydroxylation is 1. The zero-order valence-electron chi connectivity index (χ0n) is 18.6. The number of rotatable bonds is 5. The molecule has 2 heterocycles. The van der Waals surface area contributed by atoms with Gasteiger partial charge in [-0.25, -0.2) is 4.98 Å². The fraction of sp³-hybridized carbons (Fsp3) is 0.222. The third kappa shape index (κ3) is 4.12. The Labute approximate surface area is 192 Å². The maximum Gasteiger partial charge on any atom is 0.251 e. The number of hydrogen-bond donors (Lipinski definition) is 1. The molecule has 0 saturated carbocycles. The normalized spacial score (nSPS) is 14.0. The van der Waals surface area contributed by atoms with Gasteiger partial charge in [-0.3, -0.25) is 9.59 Å². The molecule has 166 valence electrons. The fourth-order valence-corrected chi connectivity index (χ4v) is 4.54. The number of para-hydroxylation sites is 3. The minimum Gasteiger partial charge on any atom is -0.342 e. The quantitative estimate of drug-likeness (QED) is 0.499. The van der Waals surface area contributed by atoms with Crippen molar-refractivity contribution in [1.82, 2.24) is 14.9 Å². The summed E-state index contributed by atoms with van der Waals surface area (Å²) in [6.07, 6.45) is 1.94. The molecule has 6 nitrogen and oxygen atoms in total. The first kappa shape index (κ1) is 20.9. The van der Waals surface area contributed by atoms with Crippen LogP contribution in [0.25, 0.3) is 11.0 Å². The minimum atomic E-state index is -0.369. The summed E-state index contributed by atoms with van der Waals surface area (Å²) in [7, 11) is 0. The van der Waals surface area contributed by atoms with Gasteiger partial charge in [0.05, 0.1) is 17.1 Å². The summed E-state index contributed by atoms with van der Waals surface area (Å²) in [6.45, 7) is 2.77. The molecule has 1 aliphatic heterocycles. The molecule has 3 aromatic carbocycles. The molecule has 6 heteroatoms. The molecular formula is C27H26N4O2. The summed E-state index contributed by atoms with van der Waals surface area (Å²) < 4.78 is 1.94. The number of hydrogen-bond acceptors (Lipinski definition) is 3. The van der Waals surface area contributed by atoms with Gasteiger partial charge in [0.15, 0.2) is 0 Å². The van der Waals surface area contributed by atoms with Crippen LogP contribution >= 0.6 is 0 Å². The molecule has 4 aromatic rings. The van der Waals surface area contributed by atoms with Crippen molar-refractivity contribution >= 4 is 28.5 Å². The molecule has 0 saturated heterocycles. The molecule has 0 fully saturated rings. The molecule has 0 aliphatic carbocycles. The van der Waals surface area contributed by atoms with E-state index in [1.807, 2.05) is 77.1 Å². The highest BCUT2D eigenvalue weighted by molar-refractivity contribution is 5.96. The van der Waals surface area contributed by atoms with Crippen molar-refractivity contribution in [2.75, 3.05) is 11.4 Å². The molecule has 2 amide bonds. The van der Waals surface area contributed by atoms with E-state index in [4.69, 9.17) is 4.98 Å². The Kier molecular flexibility index (Phi) is 5.65. The highest BCUT2D eigenvalue weighted by atomic mass is 16.2.